The molecule has 1 heterocycles. The van der Waals surface area contributed by atoms with Crippen LogP contribution in [0.25, 0.3) is 22.2 Å². The smallest absolute Gasteiger partial charge is 0.352 e. The van der Waals surface area contributed by atoms with Gasteiger partial charge in [-0.2, -0.15) is 0 Å². The molecule has 3 N–H and O–H groups in total. The number of hydrogen-bond donors (Lipinski definition) is 3. The molecule has 2 atom stereocenters. The molecule has 146 valence electrons. The minimum atomic E-state index is -2.11. The number of carbonyl (C=O) groups excluding carboxylic acids is 1. The normalized spacial score (nSPS) is 13.3. The van der Waals surface area contributed by atoms with Crippen LogP contribution in [0.3, 0.4) is 0 Å². The summed E-state index contributed by atoms with van der Waals surface area (Å²) in [5, 5.41) is 31.4. The number of nitrogens with zero attached hydrogens (tertiary/aromatic N) is 1. The fraction of sp³-hybridized carbons (Fsp3) is 0.167. The number of aliphatic hydroxyl groups excluding tert-OH is 2. The number of carboxylic acid groups (broad SMARTS) is 1. The molecule has 0 saturated heterocycles. The number of carbonyl (C=O) groups is 2. The second-order valence-electron chi connectivity index (χ2n) is 5.70. The lowest BCUT2D eigenvalue weighted by molar-refractivity contribution is -0.154. The van der Waals surface area contributed by atoms with Gasteiger partial charge in [0.05, 0.1) is 12.0 Å². The van der Waals surface area contributed by atoms with Crippen molar-refractivity contribution in [1.82, 2.24) is 5.16 Å². The van der Waals surface area contributed by atoms with Crippen LogP contribution in [0.1, 0.15) is 0 Å². The van der Waals surface area contributed by atoms with Crippen molar-refractivity contribution in [2.24, 2.45) is 0 Å². The molecule has 2 aromatic carbocycles. The van der Waals surface area contributed by atoms with Gasteiger partial charge in [-0.3, -0.25) is 4.79 Å². The molecular weight excluding hydrogens is 397 g/mol. The van der Waals surface area contributed by atoms with E-state index >= 15 is 0 Å². The molecule has 0 bridgehead atoms. The van der Waals surface area contributed by atoms with Gasteiger partial charge in [0.1, 0.15) is 28.4 Å². The number of aromatic nitrogens is 1. The third kappa shape index (κ3) is 3.55. The lowest BCUT2D eigenvalue weighted by Crippen LogP contribution is -2.43. The topological polar surface area (TPSA) is 130 Å². The highest BCUT2D eigenvalue weighted by Gasteiger charge is 2.34. The Morgan fingerprint density at radius 3 is 2.61 bits per heavy atom. The molecule has 0 aliphatic carbocycles. The summed E-state index contributed by atoms with van der Waals surface area (Å²) < 4.78 is 24.3. The first-order valence-electron chi connectivity index (χ1n) is 7.90. The standard InChI is InChI=1S/C18H13ClFNO7/c19-13-12(27-17(18(25)26)15(24)11(23)7-22)6-5-9-14(21-28-16(9)13)8-3-1-2-4-10(8)20/h1-6,11,17,22-23H,7H2,(H,25,26). The number of carboxylic acids is 1. The van der Waals surface area contributed by atoms with Gasteiger partial charge in [-0.1, -0.05) is 28.9 Å². The highest BCUT2D eigenvalue weighted by molar-refractivity contribution is 6.36. The summed E-state index contributed by atoms with van der Waals surface area (Å²) in [5.74, 6) is -3.69. The van der Waals surface area contributed by atoms with Crippen LogP contribution < -0.4 is 4.74 Å². The number of halogens is 2. The van der Waals surface area contributed by atoms with E-state index in [1.54, 1.807) is 6.07 Å². The first kappa shape index (κ1) is 19.7. The zero-order chi connectivity index (χ0) is 20.4. The van der Waals surface area contributed by atoms with Gasteiger partial charge >= 0.3 is 5.97 Å². The predicted octanol–water partition coefficient (Wildman–Crippen LogP) is 2.04. The van der Waals surface area contributed by atoms with Crippen molar-refractivity contribution in [2.45, 2.75) is 12.2 Å². The first-order valence-corrected chi connectivity index (χ1v) is 8.27. The SMILES string of the molecule is O=C(O)C(Oc1ccc2c(-c3ccccc3F)noc2c1Cl)C(=O)C(O)CO. The van der Waals surface area contributed by atoms with Crippen LogP contribution in [0.5, 0.6) is 5.75 Å². The molecular formula is C18H13ClFNO7. The van der Waals surface area contributed by atoms with Crippen molar-refractivity contribution in [1.29, 1.82) is 0 Å². The van der Waals surface area contributed by atoms with Crippen molar-refractivity contribution < 1.29 is 38.6 Å². The number of aliphatic carboxylic acids is 1. The zero-order valence-electron chi connectivity index (χ0n) is 14.0. The van der Waals surface area contributed by atoms with Gasteiger partial charge in [0, 0.05) is 5.56 Å². The number of benzene rings is 2. The van der Waals surface area contributed by atoms with Gasteiger partial charge < -0.3 is 24.6 Å². The Hall–Kier alpha value is -3.01. The van der Waals surface area contributed by atoms with Gasteiger partial charge in [-0.05, 0) is 24.3 Å². The average Bonchev–Trinajstić information content (AvgIpc) is 3.11. The fourth-order valence-corrected chi connectivity index (χ4v) is 2.76. The maximum Gasteiger partial charge on any atom is 0.352 e. The molecule has 0 aliphatic heterocycles. The lowest BCUT2D eigenvalue weighted by atomic mass is 10.1. The van der Waals surface area contributed by atoms with Gasteiger partial charge in [-0.15, -0.1) is 0 Å². The highest BCUT2D eigenvalue weighted by atomic mass is 35.5. The van der Waals surface area contributed by atoms with Crippen LogP contribution in [0, 0.1) is 5.82 Å². The summed E-state index contributed by atoms with van der Waals surface area (Å²) >= 11 is 6.18. The van der Waals surface area contributed by atoms with Gasteiger partial charge in [0.2, 0.25) is 5.78 Å². The molecule has 1 aromatic heterocycles. The van der Waals surface area contributed by atoms with E-state index in [1.165, 1.54) is 30.3 Å². The van der Waals surface area contributed by atoms with E-state index < -0.39 is 36.4 Å². The Morgan fingerprint density at radius 2 is 1.96 bits per heavy atom. The van der Waals surface area contributed by atoms with Crippen molar-refractivity contribution in [3.63, 3.8) is 0 Å². The molecule has 0 aliphatic rings. The van der Waals surface area contributed by atoms with Gasteiger partial charge in [-0.25, -0.2) is 9.18 Å². The van der Waals surface area contributed by atoms with E-state index in [4.69, 9.17) is 26.0 Å². The third-order valence-electron chi connectivity index (χ3n) is 3.90. The third-order valence-corrected chi connectivity index (χ3v) is 4.26. The quantitative estimate of drug-likeness (QED) is 0.505. The lowest BCUT2D eigenvalue weighted by Gasteiger charge is -2.17. The van der Waals surface area contributed by atoms with Crippen molar-refractivity contribution >= 4 is 34.3 Å². The van der Waals surface area contributed by atoms with Crippen molar-refractivity contribution in [3.05, 3.63) is 47.2 Å². The molecule has 28 heavy (non-hydrogen) atoms. The Morgan fingerprint density at radius 1 is 1.25 bits per heavy atom. The zero-order valence-corrected chi connectivity index (χ0v) is 14.8. The van der Waals surface area contributed by atoms with Gasteiger partial charge in [0.25, 0.3) is 6.10 Å². The Balaban J connectivity index is 2.00. The van der Waals surface area contributed by atoms with E-state index in [1.807, 2.05) is 0 Å². The number of hydrogen-bond acceptors (Lipinski definition) is 7. The van der Waals surface area contributed by atoms with Crippen LogP contribution in [0.4, 0.5) is 4.39 Å². The molecule has 0 fully saturated rings. The average molecular weight is 410 g/mol. The second-order valence-corrected chi connectivity index (χ2v) is 6.08. The molecule has 0 spiro atoms. The van der Waals surface area contributed by atoms with Gasteiger partial charge in [0.15, 0.2) is 5.58 Å². The highest BCUT2D eigenvalue weighted by Crippen LogP contribution is 2.38. The van der Waals surface area contributed by atoms with E-state index in [2.05, 4.69) is 5.16 Å². The second kappa shape index (κ2) is 7.93. The van der Waals surface area contributed by atoms with E-state index in [-0.39, 0.29) is 27.6 Å². The predicted molar refractivity (Wildman–Crippen MR) is 94.6 cm³/mol. The number of fused-ring (bicyclic) bond motifs is 1. The maximum atomic E-state index is 14.0. The van der Waals surface area contributed by atoms with E-state index in [9.17, 15) is 24.2 Å². The minimum absolute atomic E-state index is 0.00304. The molecule has 0 radical (unpaired) electrons. The summed E-state index contributed by atoms with van der Waals surface area (Å²) in [6, 6.07) is 8.57. The van der Waals surface area contributed by atoms with E-state index in [0.29, 0.717) is 5.39 Å². The van der Waals surface area contributed by atoms with Crippen LogP contribution in [0.2, 0.25) is 5.02 Å². The summed E-state index contributed by atoms with van der Waals surface area (Å²) in [7, 11) is 0. The fourth-order valence-electron chi connectivity index (χ4n) is 2.51. The first-order chi connectivity index (χ1) is 13.3. The number of aliphatic hydroxyl groups is 2. The molecule has 10 heteroatoms. The monoisotopic (exact) mass is 409 g/mol. The van der Waals surface area contributed by atoms with Crippen molar-refractivity contribution in [2.75, 3.05) is 6.61 Å². The van der Waals surface area contributed by atoms with E-state index in [0.717, 1.165) is 0 Å². The van der Waals surface area contributed by atoms with Crippen molar-refractivity contribution in [3.8, 4) is 17.0 Å². The van der Waals surface area contributed by atoms with Crippen LogP contribution in [0.15, 0.2) is 40.9 Å². The van der Waals surface area contributed by atoms with Crippen LogP contribution in [-0.2, 0) is 9.59 Å². The largest absolute Gasteiger partial charge is 0.478 e. The molecule has 2 unspecified atom stereocenters. The number of ether oxygens (including phenoxy) is 1. The van der Waals surface area contributed by atoms with Crippen LogP contribution >= 0.6 is 11.6 Å². The Labute approximate surface area is 161 Å². The Kier molecular flexibility index (Phi) is 5.59. The summed E-state index contributed by atoms with van der Waals surface area (Å²) in [4.78, 5) is 23.2. The van der Waals surface area contributed by atoms with Crippen LogP contribution in [-0.4, -0.2) is 51.0 Å². The number of ketones is 1. The Bertz CT molecular complexity index is 1050. The molecule has 3 rings (SSSR count). The molecule has 0 amide bonds. The number of Topliss-reactive ketones (excluding diaryl/α,β-unsaturated/α-hetero) is 1. The minimum Gasteiger partial charge on any atom is -0.478 e. The summed E-state index contributed by atoms with van der Waals surface area (Å²) in [5.41, 5.74) is 0.357. The number of rotatable bonds is 7. The molecule has 0 saturated carbocycles. The maximum absolute atomic E-state index is 14.0. The summed E-state index contributed by atoms with van der Waals surface area (Å²) in [6.07, 6.45) is -4.03. The molecule has 8 nitrogen and oxygen atoms in total. The summed E-state index contributed by atoms with van der Waals surface area (Å²) in [6.45, 7) is -0.965. The molecule has 3 aromatic rings.